The van der Waals surface area contributed by atoms with Crippen LogP contribution in [0.2, 0.25) is 0 Å². The van der Waals surface area contributed by atoms with Crippen molar-refractivity contribution in [1.29, 1.82) is 0 Å². The summed E-state index contributed by atoms with van der Waals surface area (Å²) >= 11 is 3.31. The third kappa shape index (κ3) is 3.42. The molecule has 0 aliphatic rings. The number of aliphatic hydroxyl groups is 1. The van der Waals surface area contributed by atoms with Crippen LogP contribution < -0.4 is 5.32 Å². The fourth-order valence-corrected chi connectivity index (χ4v) is 1.37. The Hall–Kier alpha value is -0.450. The van der Waals surface area contributed by atoms with Crippen molar-refractivity contribution in [2.75, 3.05) is 13.2 Å². The Kier molecular flexibility index (Phi) is 4.35. The molecule has 0 spiro atoms. The van der Waals surface area contributed by atoms with Crippen LogP contribution in [0.15, 0.2) is 22.7 Å². The lowest BCUT2D eigenvalue weighted by atomic mass is 10.2. The van der Waals surface area contributed by atoms with Crippen molar-refractivity contribution in [2.24, 2.45) is 0 Å². The Labute approximate surface area is 84.9 Å². The van der Waals surface area contributed by atoms with Crippen molar-refractivity contribution in [1.82, 2.24) is 5.32 Å². The molecule has 0 fully saturated rings. The summed E-state index contributed by atoms with van der Waals surface area (Å²) in [5.74, 6) is -0.246. The van der Waals surface area contributed by atoms with Gasteiger partial charge >= 0.3 is 0 Å². The molecular formula is C9H11BrFNO. The maximum atomic E-state index is 12.8. The third-order valence-electron chi connectivity index (χ3n) is 1.61. The van der Waals surface area contributed by atoms with Crippen molar-refractivity contribution in [3.8, 4) is 0 Å². The summed E-state index contributed by atoms with van der Waals surface area (Å²) < 4.78 is 13.6. The smallest absolute Gasteiger partial charge is 0.123 e. The SMILES string of the molecule is OCCNCc1cc(F)ccc1Br. The Morgan fingerprint density at radius 3 is 2.92 bits per heavy atom. The van der Waals surface area contributed by atoms with Gasteiger partial charge in [-0.05, 0) is 23.8 Å². The normalized spacial score (nSPS) is 10.4. The van der Waals surface area contributed by atoms with Gasteiger partial charge < -0.3 is 10.4 Å². The highest BCUT2D eigenvalue weighted by molar-refractivity contribution is 9.10. The van der Waals surface area contributed by atoms with E-state index in [9.17, 15) is 4.39 Å². The second-order valence-electron chi connectivity index (χ2n) is 2.64. The lowest BCUT2D eigenvalue weighted by molar-refractivity contribution is 0.292. The molecule has 0 atom stereocenters. The van der Waals surface area contributed by atoms with E-state index in [1.54, 1.807) is 6.07 Å². The highest BCUT2D eigenvalue weighted by Gasteiger charge is 2.00. The van der Waals surface area contributed by atoms with E-state index in [1.807, 2.05) is 0 Å². The van der Waals surface area contributed by atoms with Gasteiger partial charge in [0.05, 0.1) is 6.61 Å². The van der Waals surface area contributed by atoms with Crippen LogP contribution in [0, 0.1) is 5.82 Å². The molecule has 0 radical (unpaired) electrons. The molecule has 0 heterocycles. The molecule has 2 nitrogen and oxygen atoms in total. The van der Waals surface area contributed by atoms with Crippen LogP contribution in [0.25, 0.3) is 0 Å². The lowest BCUT2D eigenvalue weighted by Gasteiger charge is -2.05. The molecule has 0 unspecified atom stereocenters. The highest BCUT2D eigenvalue weighted by Crippen LogP contribution is 2.17. The highest BCUT2D eigenvalue weighted by atomic mass is 79.9. The molecule has 0 amide bonds. The molecule has 2 N–H and O–H groups in total. The van der Waals surface area contributed by atoms with E-state index in [2.05, 4.69) is 21.2 Å². The van der Waals surface area contributed by atoms with Gasteiger partial charge in [0.25, 0.3) is 0 Å². The number of rotatable bonds is 4. The molecule has 0 aliphatic heterocycles. The van der Waals surface area contributed by atoms with E-state index in [4.69, 9.17) is 5.11 Å². The zero-order valence-electron chi connectivity index (χ0n) is 7.06. The maximum absolute atomic E-state index is 12.8. The number of nitrogens with one attached hydrogen (secondary N) is 1. The molecule has 1 aromatic rings. The summed E-state index contributed by atoms with van der Waals surface area (Å²) in [4.78, 5) is 0. The van der Waals surface area contributed by atoms with Crippen LogP contribution in [-0.2, 0) is 6.54 Å². The average Bonchev–Trinajstić information content (AvgIpc) is 2.11. The largest absolute Gasteiger partial charge is 0.395 e. The van der Waals surface area contributed by atoms with Crippen molar-refractivity contribution >= 4 is 15.9 Å². The first kappa shape index (κ1) is 10.6. The van der Waals surface area contributed by atoms with Crippen LogP contribution >= 0.6 is 15.9 Å². The lowest BCUT2D eigenvalue weighted by Crippen LogP contribution is -2.17. The van der Waals surface area contributed by atoms with Crippen LogP contribution in [0.4, 0.5) is 4.39 Å². The molecule has 0 saturated carbocycles. The summed E-state index contributed by atoms with van der Waals surface area (Å²) in [5, 5.41) is 11.5. The van der Waals surface area contributed by atoms with E-state index in [0.29, 0.717) is 13.1 Å². The molecule has 1 aromatic carbocycles. The summed E-state index contributed by atoms with van der Waals surface area (Å²) in [6, 6.07) is 4.54. The monoisotopic (exact) mass is 247 g/mol. The topological polar surface area (TPSA) is 32.3 Å². The van der Waals surface area contributed by atoms with Crippen molar-refractivity contribution in [3.05, 3.63) is 34.1 Å². The van der Waals surface area contributed by atoms with E-state index in [-0.39, 0.29) is 12.4 Å². The molecule has 4 heteroatoms. The van der Waals surface area contributed by atoms with Gasteiger partial charge in [-0.2, -0.15) is 0 Å². The number of halogens is 2. The number of hydrogen-bond donors (Lipinski definition) is 2. The van der Waals surface area contributed by atoms with Crippen LogP contribution in [0.3, 0.4) is 0 Å². The van der Waals surface area contributed by atoms with Gasteiger partial charge in [0.1, 0.15) is 5.82 Å². The van der Waals surface area contributed by atoms with Gasteiger partial charge in [0.15, 0.2) is 0 Å². The van der Waals surface area contributed by atoms with E-state index < -0.39 is 0 Å². The van der Waals surface area contributed by atoms with Crippen LogP contribution in [-0.4, -0.2) is 18.3 Å². The standard InChI is InChI=1S/C9H11BrFNO/c10-9-2-1-8(11)5-7(9)6-12-3-4-13/h1-2,5,12-13H,3-4,6H2. The summed E-state index contributed by atoms with van der Waals surface area (Å²) in [7, 11) is 0. The Bertz CT molecular complexity index is 280. The predicted octanol–water partition coefficient (Wildman–Crippen LogP) is 1.67. The first-order valence-corrected chi connectivity index (χ1v) is 4.79. The molecule has 72 valence electrons. The van der Waals surface area contributed by atoms with Crippen LogP contribution in [0.1, 0.15) is 5.56 Å². The number of hydrogen-bond acceptors (Lipinski definition) is 2. The molecule has 0 saturated heterocycles. The minimum absolute atomic E-state index is 0.0902. The number of benzene rings is 1. The molecular weight excluding hydrogens is 237 g/mol. The minimum atomic E-state index is -0.246. The molecule has 0 aromatic heterocycles. The van der Waals surface area contributed by atoms with E-state index in [0.717, 1.165) is 10.0 Å². The van der Waals surface area contributed by atoms with Crippen molar-refractivity contribution < 1.29 is 9.50 Å². The second kappa shape index (κ2) is 5.32. The Balaban J connectivity index is 2.59. The summed E-state index contributed by atoms with van der Waals surface area (Å²) in [6.45, 7) is 1.16. The van der Waals surface area contributed by atoms with Gasteiger partial charge in [-0.3, -0.25) is 0 Å². The van der Waals surface area contributed by atoms with Crippen LogP contribution in [0.5, 0.6) is 0 Å². The first-order chi connectivity index (χ1) is 6.24. The van der Waals surface area contributed by atoms with E-state index >= 15 is 0 Å². The van der Waals surface area contributed by atoms with Gasteiger partial charge in [-0.25, -0.2) is 4.39 Å². The first-order valence-electron chi connectivity index (χ1n) is 3.99. The van der Waals surface area contributed by atoms with Crippen molar-refractivity contribution in [2.45, 2.75) is 6.54 Å². The Morgan fingerprint density at radius 1 is 1.46 bits per heavy atom. The third-order valence-corrected chi connectivity index (χ3v) is 2.39. The predicted molar refractivity (Wildman–Crippen MR) is 52.9 cm³/mol. The Morgan fingerprint density at radius 2 is 2.23 bits per heavy atom. The quantitative estimate of drug-likeness (QED) is 0.794. The number of aliphatic hydroxyl groups excluding tert-OH is 1. The zero-order chi connectivity index (χ0) is 9.68. The average molecular weight is 248 g/mol. The summed E-state index contributed by atoms with van der Waals surface area (Å²) in [6.07, 6.45) is 0. The second-order valence-corrected chi connectivity index (χ2v) is 3.49. The maximum Gasteiger partial charge on any atom is 0.123 e. The zero-order valence-corrected chi connectivity index (χ0v) is 8.64. The van der Waals surface area contributed by atoms with E-state index in [1.165, 1.54) is 12.1 Å². The van der Waals surface area contributed by atoms with Gasteiger partial charge in [-0.15, -0.1) is 0 Å². The van der Waals surface area contributed by atoms with Gasteiger partial charge in [-0.1, -0.05) is 15.9 Å². The molecule has 0 aliphatic carbocycles. The minimum Gasteiger partial charge on any atom is -0.395 e. The fraction of sp³-hybridized carbons (Fsp3) is 0.333. The van der Waals surface area contributed by atoms with Gasteiger partial charge in [0, 0.05) is 17.6 Å². The summed E-state index contributed by atoms with van der Waals surface area (Å²) in [5.41, 5.74) is 0.855. The molecule has 1 rings (SSSR count). The van der Waals surface area contributed by atoms with Crippen molar-refractivity contribution in [3.63, 3.8) is 0 Å². The molecule has 0 bridgehead atoms. The fourth-order valence-electron chi connectivity index (χ4n) is 0.981. The molecule has 13 heavy (non-hydrogen) atoms. The van der Waals surface area contributed by atoms with Gasteiger partial charge in [0.2, 0.25) is 0 Å².